The summed E-state index contributed by atoms with van der Waals surface area (Å²) in [5.74, 6) is 0.207. The number of aliphatic hydroxyl groups is 3. The Morgan fingerprint density at radius 2 is 1.51 bits per heavy atom. The summed E-state index contributed by atoms with van der Waals surface area (Å²) in [6.45, 7) is -0.441. The average molecular weight is 479 g/mol. The van der Waals surface area contributed by atoms with E-state index < -0.39 is 5.78 Å². The minimum atomic E-state index is -0.481. The third kappa shape index (κ3) is 6.91. The molecule has 184 valence electrons. The summed E-state index contributed by atoms with van der Waals surface area (Å²) in [6, 6.07) is 10.3. The van der Waals surface area contributed by atoms with Gasteiger partial charge in [0.05, 0.1) is 27.4 Å². The highest BCUT2D eigenvalue weighted by Gasteiger charge is 2.31. The molecule has 35 heavy (non-hydrogen) atoms. The fourth-order valence-corrected chi connectivity index (χ4v) is 3.58. The minimum absolute atomic E-state index is 0.0178. The lowest BCUT2D eigenvalue weighted by molar-refractivity contribution is -0.121. The van der Waals surface area contributed by atoms with Gasteiger partial charge >= 0.3 is 0 Å². The summed E-state index contributed by atoms with van der Waals surface area (Å²) in [5.41, 5.74) is 2.54. The van der Waals surface area contributed by atoms with Crippen LogP contribution in [0.3, 0.4) is 0 Å². The molecule has 3 rings (SSSR count). The zero-order valence-corrected chi connectivity index (χ0v) is 19.9. The predicted molar refractivity (Wildman–Crippen MR) is 133 cm³/mol. The minimum Gasteiger partial charge on any atom is -0.508 e. The van der Waals surface area contributed by atoms with E-state index in [-0.39, 0.29) is 42.7 Å². The molecule has 0 radical (unpaired) electrons. The lowest BCUT2D eigenvalue weighted by Crippen LogP contribution is -2.10. The SMILES string of the molecule is COc1ccc(/C=C/C(O)=C(\CC(=O)C2CC2)C(=O)/C=C/c2ccc(CO)c(CO)c2)cc1OC. The monoisotopic (exact) mass is 478 g/mol. The maximum atomic E-state index is 13.0. The fourth-order valence-electron chi connectivity index (χ4n) is 3.58. The van der Waals surface area contributed by atoms with Crippen molar-refractivity contribution in [2.45, 2.75) is 32.5 Å². The summed E-state index contributed by atoms with van der Waals surface area (Å²) in [4.78, 5) is 25.4. The highest BCUT2D eigenvalue weighted by molar-refractivity contribution is 6.10. The van der Waals surface area contributed by atoms with Gasteiger partial charge in [0.25, 0.3) is 0 Å². The number of aliphatic hydroxyl groups excluding tert-OH is 3. The van der Waals surface area contributed by atoms with Crippen molar-refractivity contribution < 1.29 is 34.4 Å². The fraction of sp³-hybridized carbons (Fsp3) is 0.286. The quantitative estimate of drug-likeness (QED) is 0.238. The van der Waals surface area contributed by atoms with E-state index in [2.05, 4.69) is 0 Å². The number of carbonyl (C=O) groups is 2. The number of rotatable bonds is 12. The lowest BCUT2D eigenvalue weighted by atomic mass is 9.99. The van der Waals surface area contributed by atoms with Gasteiger partial charge in [0, 0.05) is 17.9 Å². The van der Waals surface area contributed by atoms with Gasteiger partial charge in [0.2, 0.25) is 0 Å². The van der Waals surface area contributed by atoms with Crippen molar-refractivity contribution >= 4 is 23.7 Å². The number of hydrogen-bond acceptors (Lipinski definition) is 7. The highest BCUT2D eigenvalue weighted by atomic mass is 16.5. The van der Waals surface area contributed by atoms with Crippen LogP contribution in [0.2, 0.25) is 0 Å². The first kappa shape index (κ1) is 25.9. The number of hydrogen-bond donors (Lipinski definition) is 3. The lowest BCUT2D eigenvalue weighted by Gasteiger charge is -2.08. The van der Waals surface area contributed by atoms with Crippen LogP contribution in [0.5, 0.6) is 11.5 Å². The van der Waals surface area contributed by atoms with Gasteiger partial charge in [0.1, 0.15) is 11.5 Å². The maximum Gasteiger partial charge on any atom is 0.185 e. The Balaban J connectivity index is 1.87. The molecule has 1 aliphatic carbocycles. The van der Waals surface area contributed by atoms with E-state index in [1.165, 1.54) is 26.4 Å². The van der Waals surface area contributed by atoms with E-state index in [4.69, 9.17) is 9.47 Å². The second-order valence-corrected chi connectivity index (χ2v) is 8.27. The summed E-state index contributed by atoms with van der Waals surface area (Å²) in [5, 5.41) is 29.6. The van der Waals surface area contributed by atoms with Crippen LogP contribution in [0, 0.1) is 5.92 Å². The van der Waals surface area contributed by atoms with Crippen molar-refractivity contribution in [1.82, 2.24) is 0 Å². The Labute approximate surface area is 204 Å². The van der Waals surface area contributed by atoms with Gasteiger partial charge in [-0.3, -0.25) is 9.59 Å². The van der Waals surface area contributed by atoms with Crippen LogP contribution in [0.1, 0.15) is 41.5 Å². The van der Waals surface area contributed by atoms with Gasteiger partial charge in [-0.2, -0.15) is 0 Å². The summed E-state index contributed by atoms with van der Waals surface area (Å²) < 4.78 is 10.5. The second-order valence-electron chi connectivity index (χ2n) is 8.27. The Hall–Kier alpha value is -3.68. The molecule has 0 unspecified atom stereocenters. The zero-order valence-electron chi connectivity index (χ0n) is 19.9. The number of allylic oxidation sites excluding steroid dienone is 3. The summed E-state index contributed by atoms with van der Waals surface area (Å²) in [7, 11) is 3.06. The Bertz CT molecular complexity index is 1170. The largest absolute Gasteiger partial charge is 0.508 e. The number of ketones is 2. The number of methoxy groups -OCH3 is 2. The zero-order chi connectivity index (χ0) is 25.4. The van der Waals surface area contributed by atoms with Crippen molar-refractivity contribution in [2.24, 2.45) is 5.92 Å². The first-order valence-electron chi connectivity index (χ1n) is 11.3. The summed E-state index contributed by atoms with van der Waals surface area (Å²) >= 11 is 0. The van der Waals surface area contributed by atoms with E-state index in [0.29, 0.717) is 33.8 Å². The van der Waals surface area contributed by atoms with Gasteiger partial charge in [-0.05, 0) is 65.4 Å². The standard InChI is InChI=1S/C28H30O7/c1-34-27-12-6-19(14-28(27)35-2)5-11-25(32)23(15-26(33)20-8-9-20)24(31)10-4-18-3-7-21(16-29)22(13-18)17-30/h3-7,10-14,20,29-30,32H,8-9,15-17H2,1-2H3/b10-4+,11-5+,25-23-. The predicted octanol–water partition coefficient (Wildman–Crippen LogP) is 4.17. The maximum absolute atomic E-state index is 13.0. The van der Waals surface area contributed by atoms with Crippen molar-refractivity contribution in [1.29, 1.82) is 0 Å². The van der Waals surface area contributed by atoms with Gasteiger partial charge < -0.3 is 24.8 Å². The first-order valence-corrected chi connectivity index (χ1v) is 11.3. The second kappa shape index (κ2) is 12.1. The van der Waals surface area contributed by atoms with Crippen LogP contribution < -0.4 is 9.47 Å². The Morgan fingerprint density at radius 1 is 0.886 bits per heavy atom. The highest BCUT2D eigenvalue weighted by Crippen LogP contribution is 2.33. The van der Waals surface area contributed by atoms with Gasteiger partial charge in [-0.15, -0.1) is 0 Å². The molecule has 2 aromatic rings. The van der Waals surface area contributed by atoms with Crippen LogP contribution in [0.15, 0.2) is 59.9 Å². The molecule has 7 heteroatoms. The molecule has 0 heterocycles. The average Bonchev–Trinajstić information content (AvgIpc) is 3.74. The van der Waals surface area contributed by atoms with Crippen LogP contribution >= 0.6 is 0 Å². The molecule has 7 nitrogen and oxygen atoms in total. The van der Waals surface area contributed by atoms with E-state index in [1.807, 2.05) is 0 Å². The van der Waals surface area contributed by atoms with Gasteiger partial charge in [0.15, 0.2) is 17.3 Å². The molecule has 0 aliphatic heterocycles. The van der Waals surface area contributed by atoms with E-state index in [0.717, 1.165) is 12.8 Å². The van der Waals surface area contributed by atoms with E-state index in [1.54, 1.807) is 48.6 Å². The van der Waals surface area contributed by atoms with E-state index in [9.17, 15) is 24.9 Å². The van der Waals surface area contributed by atoms with Crippen LogP contribution in [-0.4, -0.2) is 41.1 Å². The summed E-state index contributed by atoms with van der Waals surface area (Å²) in [6.07, 6.45) is 7.32. The normalized spacial score (nSPS) is 14.3. The molecule has 1 saturated carbocycles. The van der Waals surface area contributed by atoms with Crippen LogP contribution in [-0.2, 0) is 22.8 Å². The smallest absolute Gasteiger partial charge is 0.185 e. The molecule has 2 aromatic carbocycles. The molecule has 0 spiro atoms. The molecule has 0 atom stereocenters. The third-order valence-corrected chi connectivity index (χ3v) is 5.83. The van der Waals surface area contributed by atoms with Crippen molar-refractivity contribution in [2.75, 3.05) is 14.2 Å². The van der Waals surface area contributed by atoms with Crippen LogP contribution in [0.4, 0.5) is 0 Å². The molecule has 0 amide bonds. The Morgan fingerprint density at radius 3 is 2.14 bits per heavy atom. The number of ether oxygens (including phenoxy) is 2. The molecule has 3 N–H and O–H groups in total. The van der Waals surface area contributed by atoms with Gasteiger partial charge in [-0.25, -0.2) is 0 Å². The number of Topliss-reactive ketones (excluding diaryl/α,β-unsaturated/α-hetero) is 1. The molecule has 0 saturated heterocycles. The van der Waals surface area contributed by atoms with Crippen molar-refractivity contribution in [3.05, 3.63) is 82.1 Å². The molecule has 0 aromatic heterocycles. The molecular weight excluding hydrogens is 448 g/mol. The number of carbonyl (C=O) groups excluding carboxylic acids is 2. The van der Waals surface area contributed by atoms with Crippen LogP contribution in [0.25, 0.3) is 12.2 Å². The van der Waals surface area contributed by atoms with E-state index >= 15 is 0 Å². The Kier molecular flexibility index (Phi) is 9.00. The topological polar surface area (TPSA) is 113 Å². The first-order chi connectivity index (χ1) is 16.9. The molecule has 1 aliphatic rings. The number of benzene rings is 2. The van der Waals surface area contributed by atoms with Gasteiger partial charge in [-0.1, -0.05) is 30.4 Å². The molecular formula is C28H30O7. The molecule has 1 fully saturated rings. The molecule has 0 bridgehead atoms. The van der Waals surface area contributed by atoms with Crippen molar-refractivity contribution in [3.8, 4) is 11.5 Å². The third-order valence-electron chi connectivity index (χ3n) is 5.83. The van der Waals surface area contributed by atoms with Crippen molar-refractivity contribution in [3.63, 3.8) is 0 Å².